The average Bonchev–Trinajstić information content (AvgIpc) is 2.19. The summed E-state index contributed by atoms with van der Waals surface area (Å²) in [6.45, 7) is 5.24. The summed E-state index contributed by atoms with van der Waals surface area (Å²) >= 11 is 0. The molecular formula is C12H12F3O. The fourth-order valence-electron chi connectivity index (χ4n) is 1.43. The Labute approximate surface area is 92.5 Å². The molecule has 0 bridgehead atoms. The third-order valence-electron chi connectivity index (χ3n) is 2.02. The van der Waals surface area contributed by atoms with Gasteiger partial charge in [0.2, 0.25) is 0 Å². The first kappa shape index (κ1) is 12.6. The van der Waals surface area contributed by atoms with Gasteiger partial charge in [-0.3, -0.25) is 0 Å². The van der Waals surface area contributed by atoms with E-state index in [9.17, 15) is 13.2 Å². The maximum Gasteiger partial charge on any atom is 0.573 e. The van der Waals surface area contributed by atoms with Gasteiger partial charge in [-0.25, -0.2) is 0 Å². The van der Waals surface area contributed by atoms with Crippen molar-refractivity contribution >= 4 is 0 Å². The zero-order chi connectivity index (χ0) is 12.2. The van der Waals surface area contributed by atoms with E-state index in [-0.39, 0.29) is 11.3 Å². The number of hydrogen-bond donors (Lipinski definition) is 0. The zero-order valence-corrected chi connectivity index (χ0v) is 8.90. The van der Waals surface area contributed by atoms with Gasteiger partial charge in [0.1, 0.15) is 5.75 Å². The van der Waals surface area contributed by atoms with Crippen LogP contribution in [0.4, 0.5) is 13.2 Å². The minimum absolute atomic E-state index is 0.188. The van der Waals surface area contributed by atoms with Crippen molar-refractivity contribution in [1.29, 1.82) is 0 Å². The van der Waals surface area contributed by atoms with Crippen LogP contribution in [-0.4, -0.2) is 6.36 Å². The molecular weight excluding hydrogens is 217 g/mol. The maximum atomic E-state index is 12.2. The summed E-state index contributed by atoms with van der Waals surface area (Å²) in [6, 6.07) is 4.78. The van der Waals surface area contributed by atoms with Gasteiger partial charge >= 0.3 is 6.36 Å². The highest BCUT2D eigenvalue weighted by atomic mass is 19.4. The number of ether oxygens (including phenoxy) is 1. The number of alkyl halides is 3. The van der Waals surface area contributed by atoms with E-state index in [1.54, 1.807) is 12.1 Å². The minimum Gasteiger partial charge on any atom is -0.405 e. The van der Waals surface area contributed by atoms with Crippen LogP contribution in [0.1, 0.15) is 24.5 Å². The summed E-state index contributed by atoms with van der Waals surface area (Å²) in [5, 5.41) is 0. The number of hydrogen-bond acceptors (Lipinski definition) is 1. The Bertz CT molecular complexity index is 369. The Hall–Kier alpha value is -1.45. The molecule has 0 aliphatic rings. The highest BCUT2D eigenvalue weighted by Gasteiger charge is 2.32. The summed E-state index contributed by atoms with van der Waals surface area (Å²) in [7, 11) is 0. The topological polar surface area (TPSA) is 9.23 Å². The van der Waals surface area contributed by atoms with Crippen LogP contribution in [0, 0.1) is 6.08 Å². The van der Waals surface area contributed by atoms with Gasteiger partial charge in [0.25, 0.3) is 0 Å². The van der Waals surface area contributed by atoms with Crippen molar-refractivity contribution in [1.82, 2.24) is 0 Å². The van der Waals surface area contributed by atoms with Crippen LogP contribution < -0.4 is 4.74 Å². The van der Waals surface area contributed by atoms with Crippen molar-refractivity contribution in [3.63, 3.8) is 0 Å². The number of para-hydroxylation sites is 1. The fourth-order valence-corrected chi connectivity index (χ4v) is 1.43. The molecule has 4 heteroatoms. The summed E-state index contributed by atoms with van der Waals surface area (Å²) in [4.78, 5) is 0. The Morgan fingerprint density at radius 2 is 2.06 bits per heavy atom. The van der Waals surface area contributed by atoms with E-state index in [1.165, 1.54) is 6.07 Å². The summed E-state index contributed by atoms with van der Waals surface area (Å²) in [5.74, 6) is -0.188. The first-order chi connectivity index (χ1) is 7.48. The molecule has 16 heavy (non-hydrogen) atoms. The van der Waals surface area contributed by atoms with E-state index in [1.807, 2.05) is 6.92 Å². The fraction of sp³-hybridized carbons (Fsp3) is 0.333. The standard InChI is InChI=1S/C12H12F3O/c1-3-6-10-8-5-7-9(4-2)11(10)16-12(13,14)15/h5,7-8H,2-3,6H2,1H3. The van der Waals surface area contributed by atoms with Gasteiger partial charge in [0.15, 0.2) is 0 Å². The highest BCUT2D eigenvalue weighted by molar-refractivity contribution is 5.44. The monoisotopic (exact) mass is 229 g/mol. The molecule has 0 saturated heterocycles. The molecule has 1 nitrogen and oxygen atoms in total. The van der Waals surface area contributed by atoms with Crippen LogP contribution in [0.25, 0.3) is 0 Å². The Morgan fingerprint density at radius 1 is 1.38 bits per heavy atom. The van der Waals surface area contributed by atoms with Crippen LogP contribution in [0.2, 0.25) is 0 Å². The van der Waals surface area contributed by atoms with Gasteiger partial charge in [-0.1, -0.05) is 38.1 Å². The molecule has 87 valence electrons. The molecule has 0 aliphatic heterocycles. The summed E-state index contributed by atoms with van der Waals surface area (Å²) < 4.78 is 40.6. The van der Waals surface area contributed by atoms with Crippen LogP contribution in [0.3, 0.4) is 0 Å². The largest absolute Gasteiger partial charge is 0.573 e. The lowest BCUT2D eigenvalue weighted by molar-refractivity contribution is -0.275. The lowest BCUT2D eigenvalue weighted by Crippen LogP contribution is -2.19. The minimum atomic E-state index is -4.69. The van der Waals surface area contributed by atoms with Gasteiger partial charge in [-0.15, -0.1) is 13.2 Å². The molecule has 0 N–H and O–H groups in total. The number of halogens is 3. The van der Waals surface area contributed by atoms with Gasteiger partial charge in [0, 0.05) is 5.56 Å². The molecule has 0 atom stereocenters. The van der Waals surface area contributed by atoms with Crippen molar-refractivity contribution in [3.05, 3.63) is 42.0 Å². The van der Waals surface area contributed by atoms with E-state index < -0.39 is 6.36 Å². The van der Waals surface area contributed by atoms with Crippen molar-refractivity contribution < 1.29 is 17.9 Å². The van der Waals surface area contributed by atoms with E-state index >= 15 is 0 Å². The lowest BCUT2D eigenvalue weighted by atomic mass is 10.0. The first-order valence-electron chi connectivity index (χ1n) is 4.88. The van der Waals surface area contributed by atoms with Crippen molar-refractivity contribution in [3.8, 4) is 5.75 Å². The Morgan fingerprint density at radius 3 is 2.56 bits per heavy atom. The van der Waals surface area contributed by atoms with Crippen molar-refractivity contribution in [2.24, 2.45) is 0 Å². The predicted octanol–water partition coefficient (Wildman–Crippen LogP) is 3.87. The van der Waals surface area contributed by atoms with Gasteiger partial charge in [-0.05, 0) is 18.1 Å². The molecule has 0 heterocycles. The van der Waals surface area contributed by atoms with Crippen molar-refractivity contribution in [2.75, 3.05) is 0 Å². The Kier molecular flexibility index (Phi) is 3.99. The van der Waals surface area contributed by atoms with E-state index in [2.05, 4.69) is 17.4 Å². The quantitative estimate of drug-likeness (QED) is 0.761. The second-order valence-electron chi connectivity index (χ2n) is 3.27. The zero-order valence-electron chi connectivity index (χ0n) is 8.90. The second-order valence-corrected chi connectivity index (χ2v) is 3.27. The molecule has 0 spiro atoms. The molecule has 0 amide bonds. The van der Waals surface area contributed by atoms with E-state index in [0.29, 0.717) is 12.0 Å². The van der Waals surface area contributed by atoms with E-state index in [4.69, 9.17) is 0 Å². The predicted molar refractivity (Wildman–Crippen MR) is 55.1 cm³/mol. The molecule has 1 aromatic rings. The molecule has 0 saturated carbocycles. The SMILES string of the molecule is C=[C]c1cccc(CCC)c1OC(F)(F)F. The maximum absolute atomic E-state index is 12.2. The van der Waals surface area contributed by atoms with Crippen LogP contribution in [0.15, 0.2) is 24.8 Å². The summed E-state index contributed by atoms with van der Waals surface area (Å²) in [5.41, 5.74) is 0.761. The van der Waals surface area contributed by atoms with Crippen LogP contribution in [0.5, 0.6) is 5.75 Å². The normalized spacial score (nSPS) is 11.2. The second kappa shape index (κ2) is 5.05. The molecule has 0 unspecified atom stereocenters. The Balaban J connectivity index is 3.14. The number of benzene rings is 1. The molecule has 0 aromatic heterocycles. The third-order valence-corrected chi connectivity index (χ3v) is 2.02. The third kappa shape index (κ3) is 3.29. The molecule has 0 aliphatic carbocycles. The number of aryl methyl sites for hydroxylation is 1. The van der Waals surface area contributed by atoms with E-state index in [0.717, 1.165) is 6.42 Å². The van der Waals surface area contributed by atoms with Gasteiger partial charge in [0.05, 0.1) is 0 Å². The molecule has 1 radical (unpaired) electrons. The van der Waals surface area contributed by atoms with Crippen LogP contribution >= 0.6 is 0 Å². The smallest absolute Gasteiger partial charge is 0.405 e. The average molecular weight is 229 g/mol. The molecule has 0 fully saturated rings. The highest BCUT2D eigenvalue weighted by Crippen LogP contribution is 2.30. The summed E-state index contributed by atoms with van der Waals surface area (Å²) in [6.07, 6.45) is -0.970. The first-order valence-corrected chi connectivity index (χ1v) is 4.88. The molecule has 1 aromatic carbocycles. The van der Waals surface area contributed by atoms with Crippen LogP contribution in [-0.2, 0) is 6.42 Å². The number of rotatable bonds is 4. The van der Waals surface area contributed by atoms with Gasteiger partial charge < -0.3 is 4.74 Å². The van der Waals surface area contributed by atoms with Gasteiger partial charge in [-0.2, -0.15) is 0 Å². The lowest BCUT2D eigenvalue weighted by Gasteiger charge is -2.15. The van der Waals surface area contributed by atoms with Crippen molar-refractivity contribution in [2.45, 2.75) is 26.1 Å². The molecule has 1 rings (SSSR count).